The first-order valence-corrected chi connectivity index (χ1v) is 9.75. The Kier molecular flexibility index (Phi) is 6.24. The van der Waals surface area contributed by atoms with Gasteiger partial charge in [-0.15, -0.1) is 11.3 Å². The number of hydrogen-bond donors (Lipinski definition) is 3. The molecular formula is C18H20ClN3O3S. The van der Waals surface area contributed by atoms with E-state index in [1.807, 2.05) is 18.2 Å². The van der Waals surface area contributed by atoms with E-state index in [-0.39, 0.29) is 23.8 Å². The smallest absolute Gasteiger partial charge is 0.271 e. The Morgan fingerprint density at radius 3 is 2.81 bits per heavy atom. The van der Waals surface area contributed by atoms with Crippen LogP contribution in [-0.2, 0) is 11.3 Å². The Labute approximate surface area is 160 Å². The van der Waals surface area contributed by atoms with Gasteiger partial charge in [-0.05, 0) is 30.9 Å². The Hall–Kier alpha value is -1.96. The van der Waals surface area contributed by atoms with Crippen LogP contribution in [-0.4, -0.2) is 34.1 Å². The second-order valence-corrected chi connectivity index (χ2v) is 7.47. The predicted molar refractivity (Wildman–Crippen MR) is 100 cm³/mol. The Morgan fingerprint density at radius 2 is 2.12 bits per heavy atom. The number of halogens is 1. The number of nitrogens with zero attached hydrogens (tertiary/aromatic N) is 1. The van der Waals surface area contributed by atoms with E-state index in [9.17, 15) is 14.7 Å². The maximum atomic E-state index is 12.4. The summed E-state index contributed by atoms with van der Waals surface area (Å²) in [5.74, 6) is -0.676. The molecule has 2 amide bonds. The van der Waals surface area contributed by atoms with Crippen molar-refractivity contribution < 1.29 is 14.7 Å². The Bertz CT molecular complexity index is 769. The van der Waals surface area contributed by atoms with Crippen LogP contribution >= 0.6 is 22.9 Å². The zero-order valence-corrected chi connectivity index (χ0v) is 15.6. The van der Waals surface area contributed by atoms with Crippen LogP contribution in [0, 0.1) is 5.92 Å². The lowest BCUT2D eigenvalue weighted by molar-refractivity contribution is -0.127. The van der Waals surface area contributed by atoms with Gasteiger partial charge in [0.15, 0.2) is 0 Å². The molecule has 6 nitrogen and oxygen atoms in total. The summed E-state index contributed by atoms with van der Waals surface area (Å²) < 4.78 is 0. The number of carbonyl (C=O) groups is 2. The third kappa shape index (κ3) is 4.60. The molecule has 0 radical (unpaired) electrons. The summed E-state index contributed by atoms with van der Waals surface area (Å²) in [7, 11) is 0. The van der Waals surface area contributed by atoms with E-state index in [4.69, 9.17) is 11.6 Å². The molecule has 138 valence electrons. The van der Waals surface area contributed by atoms with Gasteiger partial charge in [0.25, 0.3) is 5.91 Å². The van der Waals surface area contributed by atoms with Crippen molar-refractivity contribution >= 4 is 34.8 Å². The molecule has 1 heterocycles. The van der Waals surface area contributed by atoms with Gasteiger partial charge in [-0.3, -0.25) is 9.59 Å². The molecule has 1 fully saturated rings. The van der Waals surface area contributed by atoms with Crippen molar-refractivity contribution in [1.29, 1.82) is 0 Å². The second kappa shape index (κ2) is 8.62. The summed E-state index contributed by atoms with van der Waals surface area (Å²) >= 11 is 7.43. The van der Waals surface area contributed by atoms with Crippen LogP contribution in [0.3, 0.4) is 0 Å². The van der Waals surface area contributed by atoms with Crippen LogP contribution in [0.15, 0.2) is 35.2 Å². The highest BCUT2D eigenvalue weighted by molar-refractivity contribution is 7.07. The molecule has 0 spiro atoms. The van der Waals surface area contributed by atoms with Crippen molar-refractivity contribution in [2.45, 2.75) is 38.0 Å². The molecule has 26 heavy (non-hydrogen) atoms. The van der Waals surface area contributed by atoms with Crippen molar-refractivity contribution in [2.75, 3.05) is 0 Å². The highest BCUT2D eigenvalue weighted by Gasteiger charge is 2.33. The molecule has 1 aromatic heterocycles. The first-order valence-electron chi connectivity index (χ1n) is 8.43. The zero-order valence-electron chi connectivity index (χ0n) is 14.0. The lowest BCUT2D eigenvalue weighted by Crippen LogP contribution is -2.49. The van der Waals surface area contributed by atoms with E-state index in [2.05, 4.69) is 15.6 Å². The molecule has 1 aliphatic carbocycles. The minimum Gasteiger partial charge on any atom is -0.391 e. The van der Waals surface area contributed by atoms with Gasteiger partial charge < -0.3 is 15.7 Å². The molecule has 3 rings (SSSR count). The van der Waals surface area contributed by atoms with Gasteiger partial charge >= 0.3 is 0 Å². The fraction of sp³-hybridized carbons (Fsp3) is 0.389. The standard InChI is InChI=1S/C18H20ClN3O3S/c19-13-4-2-1-3-12(13)8-20-17(24)11-5-6-14(16(23)7-11)22-18(25)15-9-26-10-21-15/h1-4,9-11,14,16,23H,5-8H2,(H,20,24)(H,22,25)/t11-,14+,16+/m0/s1. The highest BCUT2D eigenvalue weighted by atomic mass is 35.5. The van der Waals surface area contributed by atoms with E-state index in [1.54, 1.807) is 17.0 Å². The monoisotopic (exact) mass is 393 g/mol. The number of carbonyl (C=O) groups excluding carboxylic acids is 2. The number of aliphatic hydroxyl groups excluding tert-OH is 1. The predicted octanol–water partition coefficient (Wildman–Crippen LogP) is 2.37. The third-order valence-corrected chi connectivity index (χ3v) is 5.53. The Balaban J connectivity index is 1.49. The number of benzene rings is 1. The molecule has 1 saturated carbocycles. The molecular weight excluding hydrogens is 374 g/mol. The molecule has 1 aromatic carbocycles. The third-order valence-electron chi connectivity index (χ3n) is 4.58. The summed E-state index contributed by atoms with van der Waals surface area (Å²) in [4.78, 5) is 28.4. The van der Waals surface area contributed by atoms with E-state index >= 15 is 0 Å². The molecule has 0 aliphatic heterocycles. The minimum atomic E-state index is -0.762. The molecule has 0 saturated heterocycles. The molecule has 3 N–H and O–H groups in total. The van der Waals surface area contributed by atoms with Crippen LogP contribution in [0.1, 0.15) is 35.3 Å². The fourth-order valence-electron chi connectivity index (χ4n) is 3.09. The van der Waals surface area contributed by atoms with E-state index in [0.717, 1.165) is 5.56 Å². The second-order valence-electron chi connectivity index (χ2n) is 6.34. The first-order chi connectivity index (χ1) is 12.5. The normalized spacial score (nSPS) is 22.6. The first kappa shape index (κ1) is 18.8. The summed E-state index contributed by atoms with van der Waals surface area (Å²) in [6.45, 7) is 0.356. The molecule has 1 aliphatic rings. The van der Waals surface area contributed by atoms with Gasteiger partial charge in [0.05, 0.1) is 17.7 Å². The van der Waals surface area contributed by atoms with Gasteiger partial charge in [-0.25, -0.2) is 4.98 Å². The van der Waals surface area contributed by atoms with Crippen LogP contribution in [0.2, 0.25) is 5.02 Å². The van der Waals surface area contributed by atoms with Crippen LogP contribution in [0.5, 0.6) is 0 Å². The molecule has 3 atom stereocenters. The van der Waals surface area contributed by atoms with E-state index in [0.29, 0.717) is 36.5 Å². The van der Waals surface area contributed by atoms with Gasteiger partial charge in [-0.1, -0.05) is 29.8 Å². The van der Waals surface area contributed by atoms with Gasteiger partial charge in [0.1, 0.15) is 5.69 Å². The van der Waals surface area contributed by atoms with Crippen LogP contribution in [0.25, 0.3) is 0 Å². The van der Waals surface area contributed by atoms with Crippen LogP contribution in [0.4, 0.5) is 0 Å². The van der Waals surface area contributed by atoms with Gasteiger partial charge in [0, 0.05) is 22.9 Å². The quantitative estimate of drug-likeness (QED) is 0.727. The minimum absolute atomic E-state index is 0.103. The van der Waals surface area contributed by atoms with E-state index < -0.39 is 6.10 Å². The average molecular weight is 394 g/mol. The van der Waals surface area contributed by atoms with Gasteiger partial charge in [0.2, 0.25) is 5.91 Å². The highest BCUT2D eigenvalue weighted by Crippen LogP contribution is 2.25. The SMILES string of the molecule is O=C(N[C@@H]1CC[C@H](C(=O)NCc2ccccc2Cl)C[C@H]1O)c1cscn1. The summed E-state index contributed by atoms with van der Waals surface area (Å²) in [5.41, 5.74) is 2.79. The largest absolute Gasteiger partial charge is 0.391 e. The molecule has 8 heteroatoms. The number of rotatable bonds is 5. The number of thiazole rings is 1. The maximum Gasteiger partial charge on any atom is 0.271 e. The van der Waals surface area contributed by atoms with Crippen molar-refractivity contribution in [2.24, 2.45) is 5.92 Å². The lowest BCUT2D eigenvalue weighted by Gasteiger charge is -2.32. The summed E-state index contributed by atoms with van der Waals surface area (Å²) in [6.07, 6.45) is 0.702. The van der Waals surface area contributed by atoms with Crippen molar-refractivity contribution in [1.82, 2.24) is 15.6 Å². The maximum absolute atomic E-state index is 12.4. The van der Waals surface area contributed by atoms with E-state index in [1.165, 1.54) is 11.3 Å². The number of nitrogens with one attached hydrogen (secondary N) is 2. The Morgan fingerprint density at radius 1 is 1.31 bits per heavy atom. The molecule has 2 aromatic rings. The summed E-state index contributed by atoms with van der Waals surface area (Å²) in [6, 6.07) is 6.99. The topological polar surface area (TPSA) is 91.3 Å². The molecule has 0 unspecified atom stereocenters. The average Bonchev–Trinajstić information content (AvgIpc) is 3.17. The number of hydrogen-bond acceptors (Lipinski definition) is 5. The van der Waals surface area contributed by atoms with Crippen molar-refractivity contribution in [3.8, 4) is 0 Å². The summed E-state index contributed by atoms with van der Waals surface area (Å²) in [5, 5.41) is 18.3. The number of amides is 2. The van der Waals surface area contributed by atoms with Crippen molar-refractivity contribution in [3.05, 3.63) is 51.4 Å². The molecule has 0 bridgehead atoms. The lowest BCUT2D eigenvalue weighted by atomic mass is 9.83. The van der Waals surface area contributed by atoms with Crippen LogP contribution < -0.4 is 10.6 Å². The number of aliphatic hydroxyl groups is 1. The van der Waals surface area contributed by atoms with Gasteiger partial charge in [-0.2, -0.15) is 0 Å². The fourth-order valence-corrected chi connectivity index (χ4v) is 3.82. The number of aromatic nitrogens is 1. The van der Waals surface area contributed by atoms with Crippen molar-refractivity contribution in [3.63, 3.8) is 0 Å². The zero-order chi connectivity index (χ0) is 18.5.